The van der Waals surface area contributed by atoms with Crippen molar-refractivity contribution >= 4 is 11.5 Å². The number of nitrogens with zero attached hydrogens (tertiary/aromatic N) is 3. The lowest BCUT2D eigenvalue weighted by molar-refractivity contribution is 0.829. The molecule has 0 saturated carbocycles. The average molecular weight is 341 g/mol. The maximum atomic E-state index is 5.05. The fourth-order valence-corrected chi connectivity index (χ4v) is 3.75. The summed E-state index contributed by atoms with van der Waals surface area (Å²) < 4.78 is 1.89. The normalized spacial score (nSPS) is 15.6. The Morgan fingerprint density at radius 1 is 0.885 bits per heavy atom. The number of hydrogen-bond acceptors (Lipinski definition) is 2. The largest absolute Gasteiger partial charge is 0.237 e. The molecular weight excluding hydrogens is 318 g/mol. The molecule has 0 fully saturated rings. The third-order valence-electron chi connectivity index (χ3n) is 4.95. The summed E-state index contributed by atoms with van der Waals surface area (Å²) in [5, 5.41) is 4.58. The molecular formula is C23H23N3. The van der Waals surface area contributed by atoms with E-state index in [2.05, 4.69) is 78.8 Å². The molecule has 0 aliphatic carbocycles. The third-order valence-corrected chi connectivity index (χ3v) is 4.95. The molecule has 130 valence electrons. The number of rotatable bonds is 5. The Hall–Kier alpha value is -2.94. The van der Waals surface area contributed by atoms with E-state index in [9.17, 15) is 0 Å². The minimum atomic E-state index is -0.340. The Kier molecular flexibility index (Phi) is 4.29. The van der Waals surface area contributed by atoms with Crippen molar-refractivity contribution in [2.45, 2.75) is 32.1 Å². The summed E-state index contributed by atoms with van der Waals surface area (Å²) in [5.41, 5.74) is 4.33. The van der Waals surface area contributed by atoms with Gasteiger partial charge in [-0.25, -0.2) is 9.67 Å². The molecule has 1 aromatic heterocycles. The molecule has 1 aliphatic rings. The van der Waals surface area contributed by atoms with Gasteiger partial charge in [-0.3, -0.25) is 0 Å². The first-order valence-corrected chi connectivity index (χ1v) is 9.18. The van der Waals surface area contributed by atoms with Crippen molar-refractivity contribution in [2.24, 2.45) is 4.99 Å². The van der Waals surface area contributed by atoms with Crippen LogP contribution in [0.2, 0.25) is 0 Å². The van der Waals surface area contributed by atoms with E-state index in [0.717, 1.165) is 24.4 Å². The standard InChI is InChI=1S/C23H23N3/c1-3-10-21-23(19-11-6-4-7-12-19,20-13-8-5-9-14-20)17-22(24-21)26-16-15-18(2)25-26/h4-9,11-17H,3,10H2,1-2H3. The van der Waals surface area contributed by atoms with Crippen molar-refractivity contribution in [3.05, 3.63) is 95.8 Å². The molecule has 4 rings (SSSR count). The Bertz CT molecular complexity index is 910. The summed E-state index contributed by atoms with van der Waals surface area (Å²) in [6.07, 6.45) is 6.26. The minimum absolute atomic E-state index is 0.340. The first-order valence-electron chi connectivity index (χ1n) is 9.18. The highest BCUT2D eigenvalue weighted by Gasteiger charge is 2.41. The van der Waals surface area contributed by atoms with Crippen molar-refractivity contribution < 1.29 is 0 Å². The van der Waals surface area contributed by atoms with Crippen molar-refractivity contribution in [1.29, 1.82) is 0 Å². The van der Waals surface area contributed by atoms with E-state index in [1.807, 2.05) is 23.9 Å². The first kappa shape index (κ1) is 16.5. The predicted molar refractivity (Wildman–Crippen MR) is 107 cm³/mol. The summed E-state index contributed by atoms with van der Waals surface area (Å²) in [5.74, 6) is 0.897. The van der Waals surface area contributed by atoms with Gasteiger partial charge < -0.3 is 0 Å². The van der Waals surface area contributed by atoms with Gasteiger partial charge >= 0.3 is 0 Å². The lowest BCUT2D eigenvalue weighted by Gasteiger charge is -2.30. The van der Waals surface area contributed by atoms with E-state index >= 15 is 0 Å². The quantitative estimate of drug-likeness (QED) is 0.625. The zero-order valence-electron chi connectivity index (χ0n) is 15.3. The van der Waals surface area contributed by atoms with Crippen LogP contribution >= 0.6 is 0 Å². The van der Waals surface area contributed by atoms with Crippen LogP contribution in [0.4, 0.5) is 0 Å². The van der Waals surface area contributed by atoms with Gasteiger partial charge in [-0.15, -0.1) is 0 Å². The smallest absolute Gasteiger partial charge is 0.150 e. The van der Waals surface area contributed by atoms with E-state index in [1.165, 1.54) is 16.8 Å². The van der Waals surface area contributed by atoms with Crippen molar-refractivity contribution in [2.75, 3.05) is 0 Å². The maximum Gasteiger partial charge on any atom is 0.150 e. The Labute approximate surface area is 154 Å². The van der Waals surface area contributed by atoms with Crippen LogP contribution < -0.4 is 0 Å². The van der Waals surface area contributed by atoms with Crippen LogP contribution in [-0.2, 0) is 5.41 Å². The van der Waals surface area contributed by atoms with Gasteiger partial charge in [-0.2, -0.15) is 5.10 Å². The van der Waals surface area contributed by atoms with E-state index in [4.69, 9.17) is 4.99 Å². The predicted octanol–water partition coefficient (Wildman–Crippen LogP) is 5.23. The Balaban J connectivity index is 1.97. The Morgan fingerprint density at radius 2 is 1.50 bits per heavy atom. The zero-order valence-corrected chi connectivity index (χ0v) is 15.3. The van der Waals surface area contributed by atoms with E-state index in [-0.39, 0.29) is 5.41 Å². The molecule has 3 aromatic rings. The van der Waals surface area contributed by atoms with Crippen LogP contribution in [0.5, 0.6) is 0 Å². The van der Waals surface area contributed by atoms with E-state index in [0.29, 0.717) is 0 Å². The van der Waals surface area contributed by atoms with Crippen LogP contribution in [0.1, 0.15) is 36.6 Å². The number of aliphatic imine (C=N–C) groups is 1. The molecule has 26 heavy (non-hydrogen) atoms. The first-order chi connectivity index (χ1) is 12.7. The van der Waals surface area contributed by atoms with E-state index in [1.54, 1.807) is 0 Å². The lowest BCUT2D eigenvalue weighted by atomic mass is 9.70. The minimum Gasteiger partial charge on any atom is -0.237 e. The van der Waals surface area contributed by atoms with Gasteiger partial charge in [0.05, 0.1) is 11.1 Å². The molecule has 0 N–H and O–H groups in total. The van der Waals surface area contributed by atoms with Gasteiger partial charge in [0.15, 0.2) is 5.82 Å². The molecule has 0 radical (unpaired) electrons. The number of allylic oxidation sites excluding steroid dienone is 1. The van der Waals surface area contributed by atoms with Gasteiger partial charge in [0.2, 0.25) is 0 Å². The second kappa shape index (κ2) is 6.75. The average Bonchev–Trinajstić information content (AvgIpc) is 3.28. The van der Waals surface area contributed by atoms with Crippen LogP contribution in [0.25, 0.3) is 5.82 Å². The second-order valence-electron chi connectivity index (χ2n) is 6.75. The molecule has 0 spiro atoms. The Morgan fingerprint density at radius 3 is 2.00 bits per heavy atom. The maximum absolute atomic E-state index is 5.05. The molecule has 0 saturated heterocycles. The van der Waals surface area contributed by atoms with Crippen LogP contribution in [0.3, 0.4) is 0 Å². The summed E-state index contributed by atoms with van der Waals surface area (Å²) in [6.45, 7) is 4.21. The second-order valence-corrected chi connectivity index (χ2v) is 6.75. The number of benzene rings is 2. The number of aryl methyl sites for hydroxylation is 1. The van der Waals surface area contributed by atoms with Crippen molar-refractivity contribution in [3.8, 4) is 0 Å². The third kappa shape index (κ3) is 2.70. The monoisotopic (exact) mass is 341 g/mol. The van der Waals surface area contributed by atoms with Crippen LogP contribution in [-0.4, -0.2) is 15.5 Å². The SMILES string of the molecule is CCCC1=NC(n2ccc(C)n2)=CC1(c1ccccc1)c1ccccc1. The van der Waals surface area contributed by atoms with Gasteiger partial charge in [-0.05, 0) is 36.6 Å². The topological polar surface area (TPSA) is 30.2 Å². The molecule has 0 unspecified atom stereocenters. The highest BCUT2D eigenvalue weighted by atomic mass is 15.3. The molecule has 0 atom stereocenters. The van der Waals surface area contributed by atoms with Gasteiger partial charge in [0, 0.05) is 11.9 Å². The molecule has 3 nitrogen and oxygen atoms in total. The summed E-state index contributed by atoms with van der Waals surface area (Å²) in [7, 11) is 0. The molecule has 3 heteroatoms. The highest BCUT2D eigenvalue weighted by molar-refractivity contribution is 6.06. The summed E-state index contributed by atoms with van der Waals surface area (Å²) in [4.78, 5) is 5.05. The number of hydrogen-bond donors (Lipinski definition) is 0. The van der Waals surface area contributed by atoms with E-state index < -0.39 is 0 Å². The van der Waals surface area contributed by atoms with Gasteiger partial charge in [0.1, 0.15) is 0 Å². The van der Waals surface area contributed by atoms with Crippen LogP contribution in [0, 0.1) is 6.92 Å². The fourth-order valence-electron chi connectivity index (χ4n) is 3.75. The highest BCUT2D eigenvalue weighted by Crippen LogP contribution is 2.42. The molecule has 1 aliphatic heterocycles. The van der Waals surface area contributed by atoms with Gasteiger partial charge in [-0.1, -0.05) is 74.0 Å². The molecule has 2 aromatic carbocycles. The molecule has 2 heterocycles. The van der Waals surface area contributed by atoms with Crippen molar-refractivity contribution in [3.63, 3.8) is 0 Å². The summed E-state index contributed by atoms with van der Waals surface area (Å²) in [6, 6.07) is 23.4. The van der Waals surface area contributed by atoms with Gasteiger partial charge in [0.25, 0.3) is 0 Å². The molecule has 0 amide bonds. The number of aromatic nitrogens is 2. The van der Waals surface area contributed by atoms with Crippen molar-refractivity contribution in [1.82, 2.24) is 9.78 Å². The lowest BCUT2D eigenvalue weighted by Crippen LogP contribution is -2.33. The summed E-state index contributed by atoms with van der Waals surface area (Å²) >= 11 is 0. The fraction of sp³-hybridized carbons (Fsp3) is 0.217. The zero-order chi connectivity index (χ0) is 18.0. The van der Waals surface area contributed by atoms with Crippen LogP contribution in [0.15, 0.2) is 84.0 Å². The molecule has 0 bridgehead atoms.